The molecule has 0 bridgehead atoms. The van der Waals surface area contributed by atoms with Crippen LogP contribution in [0.1, 0.15) is 41.9 Å². The molecular weight excluding hydrogens is 356 g/mol. The number of fused-ring (bicyclic) bond motifs is 3. The van der Waals surface area contributed by atoms with E-state index in [1.807, 2.05) is 0 Å². The average Bonchev–Trinajstić information content (AvgIpc) is 2.66. The molecule has 0 aliphatic heterocycles. The van der Waals surface area contributed by atoms with Gasteiger partial charge in [-0.05, 0) is 38.5 Å². The largest absolute Gasteiger partial charge is 0.383 e. The molecule has 0 fully saturated rings. The minimum Gasteiger partial charge on any atom is -0.383 e. The lowest BCUT2D eigenvalue weighted by molar-refractivity contribution is 0.583. The lowest BCUT2D eigenvalue weighted by Gasteiger charge is -2.25. The number of nitrogen functional groups attached to an aromatic ring is 3. The van der Waals surface area contributed by atoms with E-state index in [9.17, 15) is 0 Å². The molecular formula is C18H22N10. The highest BCUT2D eigenvalue weighted by atomic mass is 15.1. The Hall–Kier alpha value is -3.30. The van der Waals surface area contributed by atoms with E-state index in [-0.39, 0.29) is 17.8 Å². The summed E-state index contributed by atoms with van der Waals surface area (Å²) in [7, 11) is 0. The molecule has 10 heteroatoms. The van der Waals surface area contributed by atoms with E-state index in [1.165, 1.54) is 0 Å². The zero-order valence-corrected chi connectivity index (χ0v) is 15.4. The van der Waals surface area contributed by atoms with Gasteiger partial charge in [-0.25, -0.2) is 15.0 Å². The second-order valence-corrected chi connectivity index (χ2v) is 7.41. The Kier molecular flexibility index (Phi) is 3.85. The summed E-state index contributed by atoms with van der Waals surface area (Å²) in [6.45, 7) is 0. The molecule has 2 aliphatic rings. The predicted molar refractivity (Wildman–Crippen MR) is 106 cm³/mol. The maximum absolute atomic E-state index is 6.16. The van der Waals surface area contributed by atoms with Gasteiger partial charge in [-0.1, -0.05) is 0 Å². The van der Waals surface area contributed by atoms with Crippen LogP contribution in [0.25, 0.3) is 11.2 Å². The first kappa shape index (κ1) is 16.8. The molecule has 0 saturated carbocycles. The van der Waals surface area contributed by atoms with Gasteiger partial charge in [0, 0.05) is 18.0 Å². The van der Waals surface area contributed by atoms with Gasteiger partial charge < -0.3 is 22.5 Å². The highest BCUT2D eigenvalue weighted by Gasteiger charge is 2.24. The summed E-state index contributed by atoms with van der Waals surface area (Å²) in [6.07, 6.45) is 6.60. The van der Waals surface area contributed by atoms with E-state index < -0.39 is 0 Å². The van der Waals surface area contributed by atoms with Crippen molar-refractivity contribution in [2.45, 2.75) is 51.0 Å². The monoisotopic (exact) mass is 378 g/mol. The van der Waals surface area contributed by atoms with E-state index in [1.54, 1.807) is 0 Å². The van der Waals surface area contributed by atoms with Gasteiger partial charge in [0.05, 0.1) is 17.1 Å². The summed E-state index contributed by atoms with van der Waals surface area (Å²) < 4.78 is 0. The van der Waals surface area contributed by atoms with Crippen molar-refractivity contribution in [2.75, 3.05) is 22.5 Å². The molecule has 1 unspecified atom stereocenters. The van der Waals surface area contributed by atoms with Crippen LogP contribution in [0.4, 0.5) is 23.5 Å². The van der Waals surface area contributed by atoms with Gasteiger partial charge in [0.15, 0.2) is 17.0 Å². The summed E-state index contributed by atoms with van der Waals surface area (Å²) in [5.41, 5.74) is 22.7. The second kappa shape index (κ2) is 6.39. The van der Waals surface area contributed by atoms with Gasteiger partial charge in [-0.2, -0.15) is 15.0 Å². The Bertz CT molecular complexity index is 1080. The minimum absolute atomic E-state index is 0.0997. The number of aryl methyl sites for hydroxylation is 2. The van der Waals surface area contributed by atoms with Gasteiger partial charge in [0.2, 0.25) is 11.9 Å². The van der Waals surface area contributed by atoms with Gasteiger partial charge >= 0.3 is 0 Å². The molecule has 1 atom stereocenters. The van der Waals surface area contributed by atoms with Crippen LogP contribution in [-0.2, 0) is 25.7 Å². The van der Waals surface area contributed by atoms with Crippen LogP contribution in [0.15, 0.2) is 0 Å². The molecule has 7 N–H and O–H groups in total. The highest BCUT2D eigenvalue weighted by molar-refractivity contribution is 5.82. The first-order chi connectivity index (χ1) is 13.6. The quantitative estimate of drug-likeness (QED) is 0.500. The van der Waals surface area contributed by atoms with Crippen LogP contribution in [0.5, 0.6) is 0 Å². The van der Waals surface area contributed by atoms with E-state index in [0.29, 0.717) is 29.4 Å². The SMILES string of the molecule is Nc1nc(N)c2nc3c(nc2n1)CC(Nc1nc(N)c2c(n1)CCCC2)CC3. The van der Waals surface area contributed by atoms with Gasteiger partial charge in [0.25, 0.3) is 0 Å². The highest BCUT2D eigenvalue weighted by Crippen LogP contribution is 2.27. The van der Waals surface area contributed by atoms with Gasteiger partial charge in [-0.15, -0.1) is 0 Å². The molecule has 0 radical (unpaired) electrons. The third-order valence-electron chi connectivity index (χ3n) is 5.45. The predicted octanol–water partition coefficient (Wildman–Crippen LogP) is 0.805. The van der Waals surface area contributed by atoms with Crippen molar-refractivity contribution in [2.24, 2.45) is 0 Å². The van der Waals surface area contributed by atoms with Gasteiger partial charge in [-0.3, -0.25) is 0 Å². The molecule has 3 aromatic rings. The topological polar surface area (TPSA) is 167 Å². The Morgan fingerprint density at radius 3 is 2.50 bits per heavy atom. The number of nitrogens with one attached hydrogen (secondary N) is 1. The van der Waals surface area contributed by atoms with Crippen LogP contribution in [-0.4, -0.2) is 35.9 Å². The standard InChI is InChI=1S/C18H22N10/c19-14-9-3-1-2-4-10(9)25-18(27-14)22-8-5-6-11-12(7-8)24-16-13(23-11)15(20)26-17(21)28-16/h8H,1-7H2,(H3,19,22,25,27)(H4,20,21,24,26,28). The zero-order chi connectivity index (χ0) is 19.3. The van der Waals surface area contributed by atoms with Crippen LogP contribution in [0.3, 0.4) is 0 Å². The summed E-state index contributed by atoms with van der Waals surface area (Å²) in [5, 5.41) is 3.43. The molecule has 144 valence electrons. The number of nitrogens with two attached hydrogens (primary N) is 3. The fraction of sp³-hybridized carbons (Fsp3) is 0.444. The third-order valence-corrected chi connectivity index (χ3v) is 5.45. The lowest BCUT2D eigenvalue weighted by atomic mass is 9.95. The summed E-state index contributed by atoms with van der Waals surface area (Å²) in [5.74, 6) is 1.55. The lowest BCUT2D eigenvalue weighted by Crippen LogP contribution is -2.30. The van der Waals surface area contributed by atoms with Crippen molar-refractivity contribution < 1.29 is 0 Å². The first-order valence-electron chi connectivity index (χ1n) is 9.57. The van der Waals surface area contributed by atoms with Crippen molar-refractivity contribution in [3.8, 4) is 0 Å². The van der Waals surface area contributed by atoms with E-state index >= 15 is 0 Å². The maximum atomic E-state index is 6.16. The number of hydrogen-bond donors (Lipinski definition) is 4. The number of rotatable bonds is 2. The van der Waals surface area contributed by atoms with Crippen molar-refractivity contribution in [1.82, 2.24) is 29.9 Å². The van der Waals surface area contributed by atoms with Crippen LogP contribution in [0.2, 0.25) is 0 Å². The fourth-order valence-corrected chi connectivity index (χ4v) is 4.06. The van der Waals surface area contributed by atoms with Crippen molar-refractivity contribution in [1.29, 1.82) is 0 Å². The Balaban J connectivity index is 1.41. The van der Waals surface area contributed by atoms with Crippen LogP contribution < -0.4 is 22.5 Å². The first-order valence-corrected chi connectivity index (χ1v) is 9.57. The molecule has 0 saturated heterocycles. The summed E-state index contributed by atoms with van der Waals surface area (Å²) in [4.78, 5) is 26.6. The molecule has 28 heavy (non-hydrogen) atoms. The molecule has 5 rings (SSSR count). The Morgan fingerprint density at radius 1 is 0.750 bits per heavy atom. The molecule has 0 spiro atoms. The molecule has 10 nitrogen and oxygen atoms in total. The molecule has 2 aliphatic carbocycles. The van der Waals surface area contributed by atoms with Gasteiger partial charge in [0.1, 0.15) is 5.82 Å². The van der Waals surface area contributed by atoms with Crippen molar-refractivity contribution >= 4 is 34.7 Å². The van der Waals surface area contributed by atoms with Crippen LogP contribution >= 0.6 is 0 Å². The third kappa shape index (κ3) is 2.90. The van der Waals surface area contributed by atoms with E-state index in [4.69, 9.17) is 22.2 Å². The number of nitrogens with zero attached hydrogens (tertiary/aromatic N) is 6. The Labute approximate surface area is 161 Å². The summed E-state index contributed by atoms with van der Waals surface area (Å²) in [6, 6.07) is 0.150. The second-order valence-electron chi connectivity index (χ2n) is 7.41. The number of anilines is 4. The fourth-order valence-electron chi connectivity index (χ4n) is 4.06. The van der Waals surface area contributed by atoms with Crippen LogP contribution in [0, 0.1) is 0 Å². The zero-order valence-electron chi connectivity index (χ0n) is 15.4. The molecule has 0 amide bonds. The smallest absolute Gasteiger partial charge is 0.225 e. The Morgan fingerprint density at radius 2 is 1.61 bits per heavy atom. The van der Waals surface area contributed by atoms with Crippen molar-refractivity contribution in [3.05, 3.63) is 22.6 Å². The molecule has 3 heterocycles. The normalized spacial score (nSPS) is 18.5. The summed E-state index contributed by atoms with van der Waals surface area (Å²) >= 11 is 0. The maximum Gasteiger partial charge on any atom is 0.225 e. The van der Waals surface area contributed by atoms with E-state index in [2.05, 4.69) is 30.2 Å². The number of aromatic nitrogens is 6. The number of hydrogen-bond acceptors (Lipinski definition) is 10. The van der Waals surface area contributed by atoms with E-state index in [0.717, 1.165) is 61.2 Å². The molecule has 3 aromatic heterocycles. The van der Waals surface area contributed by atoms with Crippen molar-refractivity contribution in [3.63, 3.8) is 0 Å². The molecule has 0 aromatic carbocycles. The average molecular weight is 378 g/mol. The minimum atomic E-state index is 0.0997.